The van der Waals surface area contributed by atoms with Crippen molar-refractivity contribution in [3.63, 3.8) is 0 Å². The summed E-state index contributed by atoms with van der Waals surface area (Å²) in [4.78, 5) is 23.7. The Morgan fingerprint density at radius 2 is 1.89 bits per heavy atom. The number of thiocarbonyl (C=S) groups is 1. The number of nitrogens with one attached hydrogen (secondary N) is 4. The van der Waals surface area contributed by atoms with E-state index >= 15 is 0 Å². The number of H-pyrrole nitrogens is 1. The van der Waals surface area contributed by atoms with Crippen LogP contribution >= 0.6 is 12.2 Å². The standard InChI is InChI=1S/C17H19N5O4S/c1-10-8-12(20-19-10)16(24)21-22-17(27)18-15(23)7-5-11-4-6-13(25-2)14(9-11)26-3/h4-9H,1-3H3,(H,19,20)(H,21,24)(H2,18,22,23,27)/b7-5+. The smallest absolute Gasteiger partial charge is 0.290 e. The van der Waals surface area contributed by atoms with Crippen molar-refractivity contribution in [1.29, 1.82) is 0 Å². The summed E-state index contributed by atoms with van der Waals surface area (Å²) in [6, 6.07) is 6.80. The number of hydrogen-bond acceptors (Lipinski definition) is 6. The molecule has 2 rings (SSSR count). The molecule has 2 amide bonds. The zero-order chi connectivity index (χ0) is 19.8. The molecule has 142 valence electrons. The Labute approximate surface area is 161 Å². The van der Waals surface area contributed by atoms with Gasteiger partial charge in [-0.2, -0.15) is 5.10 Å². The Hall–Kier alpha value is -3.40. The highest BCUT2D eigenvalue weighted by molar-refractivity contribution is 7.80. The van der Waals surface area contributed by atoms with Gasteiger partial charge in [0.25, 0.3) is 5.91 Å². The van der Waals surface area contributed by atoms with E-state index in [1.807, 2.05) is 0 Å². The first-order valence-corrected chi connectivity index (χ1v) is 8.17. The van der Waals surface area contributed by atoms with E-state index in [4.69, 9.17) is 21.7 Å². The predicted octanol–water partition coefficient (Wildman–Crippen LogP) is 1.08. The average molecular weight is 389 g/mol. The molecule has 0 aliphatic carbocycles. The van der Waals surface area contributed by atoms with E-state index in [1.165, 1.54) is 13.2 Å². The number of methoxy groups -OCH3 is 2. The molecule has 0 radical (unpaired) electrons. The molecule has 0 saturated carbocycles. The molecule has 27 heavy (non-hydrogen) atoms. The molecule has 1 heterocycles. The normalized spacial score (nSPS) is 10.3. The second-order valence-corrected chi connectivity index (χ2v) is 5.69. The number of carbonyl (C=O) groups excluding carboxylic acids is 2. The van der Waals surface area contributed by atoms with Crippen LogP contribution in [0.4, 0.5) is 0 Å². The molecular formula is C17H19N5O4S. The molecule has 0 bridgehead atoms. The molecule has 0 aliphatic heterocycles. The van der Waals surface area contributed by atoms with Crippen LogP contribution < -0.4 is 25.6 Å². The van der Waals surface area contributed by atoms with Crippen LogP contribution in [-0.2, 0) is 4.79 Å². The highest BCUT2D eigenvalue weighted by Crippen LogP contribution is 2.27. The summed E-state index contributed by atoms with van der Waals surface area (Å²) in [5, 5.41) is 8.81. The van der Waals surface area contributed by atoms with E-state index in [-0.39, 0.29) is 10.8 Å². The van der Waals surface area contributed by atoms with E-state index in [1.54, 1.807) is 44.4 Å². The first kappa shape index (κ1) is 19.9. The van der Waals surface area contributed by atoms with Crippen molar-refractivity contribution in [3.05, 3.63) is 47.3 Å². The number of aryl methyl sites for hydroxylation is 1. The van der Waals surface area contributed by atoms with Gasteiger partial charge in [0, 0.05) is 11.8 Å². The maximum atomic E-state index is 11.9. The van der Waals surface area contributed by atoms with Gasteiger partial charge in [0.1, 0.15) is 0 Å². The first-order chi connectivity index (χ1) is 12.9. The van der Waals surface area contributed by atoms with E-state index < -0.39 is 11.8 Å². The summed E-state index contributed by atoms with van der Waals surface area (Å²) in [5.41, 5.74) is 6.45. The Morgan fingerprint density at radius 3 is 2.52 bits per heavy atom. The zero-order valence-electron chi connectivity index (χ0n) is 15.0. The Balaban J connectivity index is 1.84. The van der Waals surface area contributed by atoms with Gasteiger partial charge in [-0.15, -0.1) is 0 Å². The average Bonchev–Trinajstić information content (AvgIpc) is 3.10. The second-order valence-electron chi connectivity index (χ2n) is 5.28. The molecule has 0 atom stereocenters. The molecule has 2 aromatic rings. The molecule has 1 aromatic heterocycles. The van der Waals surface area contributed by atoms with Crippen LogP contribution in [-0.4, -0.2) is 41.3 Å². The molecule has 0 aliphatic rings. The number of hydrazine groups is 1. The summed E-state index contributed by atoms with van der Waals surface area (Å²) in [7, 11) is 3.07. The van der Waals surface area contributed by atoms with Crippen LogP contribution in [0.25, 0.3) is 6.08 Å². The Kier molecular flexibility index (Phi) is 6.89. The molecule has 0 spiro atoms. The van der Waals surface area contributed by atoms with Gasteiger partial charge in [0.05, 0.1) is 14.2 Å². The lowest BCUT2D eigenvalue weighted by Crippen LogP contribution is -2.48. The first-order valence-electron chi connectivity index (χ1n) is 7.76. The van der Waals surface area contributed by atoms with E-state index in [2.05, 4.69) is 26.4 Å². The molecule has 9 nitrogen and oxygen atoms in total. The molecule has 0 saturated heterocycles. The summed E-state index contributed by atoms with van der Waals surface area (Å²) in [6.45, 7) is 1.77. The molecule has 10 heteroatoms. The van der Waals surface area contributed by atoms with Crippen molar-refractivity contribution >= 4 is 35.2 Å². The summed E-state index contributed by atoms with van der Waals surface area (Å²) < 4.78 is 10.4. The summed E-state index contributed by atoms with van der Waals surface area (Å²) >= 11 is 4.95. The van der Waals surface area contributed by atoms with Crippen molar-refractivity contribution in [3.8, 4) is 11.5 Å². The second kappa shape index (κ2) is 9.34. The fourth-order valence-corrected chi connectivity index (χ4v) is 2.18. The van der Waals surface area contributed by atoms with Crippen LogP contribution in [0.2, 0.25) is 0 Å². The van der Waals surface area contributed by atoms with Crippen molar-refractivity contribution < 1.29 is 19.1 Å². The van der Waals surface area contributed by atoms with E-state index in [0.717, 1.165) is 11.3 Å². The lowest BCUT2D eigenvalue weighted by atomic mass is 10.2. The molecule has 0 unspecified atom stereocenters. The van der Waals surface area contributed by atoms with Gasteiger partial charge in [-0.1, -0.05) is 6.07 Å². The molecule has 1 aromatic carbocycles. The summed E-state index contributed by atoms with van der Waals surface area (Å²) in [6.07, 6.45) is 2.89. The third-order valence-corrected chi connectivity index (χ3v) is 3.50. The minimum Gasteiger partial charge on any atom is -0.493 e. The number of ether oxygens (including phenoxy) is 2. The third kappa shape index (κ3) is 5.82. The molecular weight excluding hydrogens is 370 g/mol. The number of amides is 2. The van der Waals surface area contributed by atoms with Gasteiger partial charge in [0.15, 0.2) is 22.3 Å². The maximum absolute atomic E-state index is 11.9. The monoisotopic (exact) mass is 389 g/mol. The maximum Gasteiger partial charge on any atom is 0.290 e. The number of aromatic amines is 1. The van der Waals surface area contributed by atoms with Crippen molar-refractivity contribution in [1.82, 2.24) is 26.4 Å². The number of benzene rings is 1. The lowest BCUT2D eigenvalue weighted by molar-refractivity contribution is -0.115. The van der Waals surface area contributed by atoms with E-state index in [9.17, 15) is 9.59 Å². The quantitative estimate of drug-likeness (QED) is 0.343. The van der Waals surface area contributed by atoms with Crippen molar-refractivity contribution in [2.75, 3.05) is 14.2 Å². The van der Waals surface area contributed by atoms with Crippen molar-refractivity contribution in [2.45, 2.75) is 6.92 Å². The van der Waals surface area contributed by atoms with Crippen LogP contribution in [0.5, 0.6) is 11.5 Å². The van der Waals surface area contributed by atoms with Crippen LogP contribution in [0.15, 0.2) is 30.3 Å². The Morgan fingerprint density at radius 1 is 1.15 bits per heavy atom. The van der Waals surface area contributed by atoms with Gasteiger partial charge in [-0.3, -0.25) is 30.9 Å². The van der Waals surface area contributed by atoms with Crippen LogP contribution in [0.3, 0.4) is 0 Å². The zero-order valence-corrected chi connectivity index (χ0v) is 15.8. The van der Waals surface area contributed by atoms with Crippen LogP contribution in [0, 0.1) is 6.92 Å². The third-order valence-electron chi connectivity index (χ3n) is 3.30. The minimum atomic E-state index is -0.489. The topological polar surface area (TPSA) is 117 Å². The number of aromatic nitrogens is 2. The predicted molar refractivity (Wildman–Crippen MR) is 103 cm³/mol. The largest absolute Gasteiger partial charge is 0.493 e. The van der Waals surface area contributed by atoms with Gasteiger partial charge in [0.2, 0.25) is 5.91 Å². The highest BCUT2D eigenvalue weighted by Gasteiger charge is 2.09. The number of nitrogens with zero attached hydrogens (tertiary/aromatic N) is 1. The fourth-order valence-electron chi connectivity index (χ4n) is 2.03. The summed E-state index contributed by atoms with van der Waals surface area (Å²) in [5.74, 6) is 0.185. The molecule has 0 fully saturated rings. The highest BCUT2D eigenvalue weighted by atomic mass is 32.1. The fraction of sp³-hybridized carbons (Fsp3) is 0.176. The number of carbonyl (C=O) groups is 2. The number of rotatable bonds is 5. The van der Waals surface area contributed by atoms with Crippen molar-refractivity contribution in [2.24, 2.45) is 0 Å². The lowest BCUT2D eigenvalue weighted by Gasteiger charge is -2.09. The molecule has 4 N–H and O–H groups in total. The van der Waals surface area contributed by atoms with Gasteiger partial charge in [-0.05, 0) is 49.0 Å². The Bertz CT molecular complexity index is 878. The SMILES string of the molecule is COc1ccc(/C=C/C(=O)NC(=S)NNC(=O)c2cc(C)[nH]n2)cc1OC. The minimum absolute atomic E-state index is 0.0578. The van der Waals surface area contributed by atoms with Gasteiger partial charge >= 0.3 is 0 Å². The van der Waals surface area contributed by atoms with Gasteiger partial charge < -0.3 is 9.47 Å². The van der Waals surface area contributed by atoms with Crippen LogP contribution in [0.1, 0.15) is 21.7 Å². The number of hydrogen-bond donors (Lipinski definition) is 4. The van der Waals surface area contributed by atoms with Gasteiger partial charge in [-0.25, -0.2) is 0 Å². The van der Waals surface area contributed by atoms with E-state index in [0.29, 0.717) is 11.5 Å².